The van der Waals surface area contributed by atoms with Gasteiger partial charge in [0, 0.05) is 17.2 Å². The van der Waals surface area contributed by atoms with Crippen LogP contribution in [0.1, 0.15) is 49.9 Å². The standard InChI is InChI=1S/C16H23N3O/c17-2-1-13-9-18-15(19-14(13)20)16-6-10-3-11(7-16)5-12(4-10)8-16/h9-12H,1-8,17H2,(H,18,19,20). The normalized spacial score (nSPS) is 38.4. The topological polar surface area (TPSA) is 71.8 Å². The number of hydrogen-bond acceptors (Lipinski definition) is 3. The number of nitrogens with two attached hydrogens (primary N) is 1. The molecule has 5 rings (SSSR count). The van der Waals surface area contributed by atoms with Crippen molar-refractivity contribution >= 4 is 0 Å². The quantitative estimate of drug-likeness (QED) is 0.881. The minimum atomic E-state index is 0.0243. The van der Waals surface area contributed by atoms with Crippen LogP contribution in [0.25, 0.3) is 0 Å². The van der Waals surface area contributed by atoms with Crippen molar-refractivity contribution in [2.45, 2.75) is 50.4 Å². The maximum atomic E-state index is 12.2. The van der Waals surface area contributed by atoms with Gasteiger partial charge >= 0.3 is 0 Å². The molecule has 4 heteroatoms. The van der Waals surface area contributed by atoms with E-state index in [1.165, 1.54) is 38.5 Å². The van der Waals surface area contributed by atoms with Gasteiger partial charge in [0.25, 0.3) is 5.56 Å². The number of H-pyrrole nitrogens is 1. The molecule has 0 amide bonds. The molecule has 4 fully saturated rings. The fourth-order valence-electron chi connectivity index (χ4n) is 5.42. The van der Waals surface area contributed by atoms with Crippen LogP contribution in [0, 0.1) is 17.8 Å². The second kappa shape index (κ2) is 4.42. The first-order valence-electron chi connectivity index (χ1n) is 7.97. The molecule has 0 saturated heterocycles. The minimum absolute atomic E-state index is 0.0243. The lowest BCUT2D eigenvalue weighted by molar-refractivity contribution is -0.00953. The maximum Gasteiger partial charge on any atom is 0.254 e. The Kier molecular flexibility index (Phi) is 2.78. The zero-order chi connectivity index (χ0) is 13.7. The lowest BCUT2D eigenvalue weighted by atomic mass is 9.49. The van der Waals surface area contributed by atoms with E-state index >= 15 is 0 Å². The van der Waals surface area contributed by atoms with E-state index in [2.05, 4.69) is 9.97 Å². The summed E-state index contributed by atoms with van der Waals surface area (Å²) in [5.41, 5.74) is 6.46. The van der Waals surface area contributed by atoms with Crippen molar-refractivity contribution in [3.8, 4) is 0 Å². The molecule has 1 heterocycles. The summed E-state index contributed by atoms with van der Waals surface area (Å²) in [6, 6.07) is 0. The van der Waals surface area contributed by atoms with Gasteiger partial charge in [-0.1, -0.05) is 0 Å². The van der Waals surface area contributed by atoms with Gasteiger partial charge in [-0.15, -0.1) is 0 Å². The maximum absolute atomic E-state index is 12.2. The van der Waals surface area contributed by atoms with E-state index in [4.69, 9.17) is 5.73 Å². The largest absolute Gasteiger partial charge is 0.330 e. The number of aromatic amines is 1. The molecule has 0 aromatic carbocycles. The second-order valence-corrected chi connectivity index (χ2v) is 7.32. The molecule has 0 radical (unpaired) electrons. The average molecular weight is 273 g/mol. The highest BCUT2D eigenvalue weighted by molar-refractivity contribution is 5.19. The molecule has 1 aromatic heterocycles. The van der Waals surface area contributed by atoms with Crippen LogP contribution in [-0.4, -0.2) is 16.5 Å². The van der Waals surface area contributed by atoms with Gasteiger partial charge in [-0.3, -0.25) is 4.79 Å². The molecule has 0 unspecified atom stereocenters. The summed E-state index contributed by atoms with van der Waals surface area (Å²) in [4.78, 5) is 19.9. The van der Waals surface area contributed by atoms with Crippen molar-refractivity contribution in [3.05, 3.63) is 27.9 Å². The van der Waals surface area contributed by atoms with Crippen LogP contribution in [0.5, 0.6) is 0 Å². The van der Waals surface area contributed by atoms with Gasteiger partial charge in [0.15, 0.2) is 0 Å². The third-order valence-electron chi connectivity index (χ3n) is 5.83. The lowest BCUT2D eigenvalue weighted by Crippen LogP contribution is -2.49. The average Bonchev–Trinajstić information content (AvgIpc) is 2.39. The molecule has 20 heavy (non-hydrogen) atoms. The second-order valence-electron chi connectivity index (χ2n) is 7.32. The van der Waals surface area contributed by atoms with Crippen molar-refractivity contribution in [2.24, 2.45) is 23.5 Å². The van der Waals surface area contributed by atoms with Crippen LogP contribution >= 0.6 is 0 Å². The van der Waals surface area contributed by atoms with Crippen molar-refractivity contribution in [1.29, 1.82) is 0 Å². The van der Waals surface area contributed by atoms with E-state index in [1.807, 2.05) is 0 Å². The molecule has 4 aliphatic rings. The van der Waals surface area contributed by atoms with Crippen molar-refractivity contribution in [1.82, 2.24) is 9.97 Å². The van der Waals surface area contributed by atoms with E-state index in [0.29, 0.717) is 13.0 Å². The fraction of sp³-hybridized carbons (Fsp3) is 0.750. The molecule has 0 atom stereocenters. The zero-order valence-corrected chi connectivity index (χ0v) is 11.9. The lowest BCUT2D eigenvalue weighted by Gasteiger charge is -2.56. The Morgan fingerprint density at radius 3 is 2.30 bits per heavy atom. The first-order chi connectivity index (χ1) is 9.68. The highest BCUT2D eigenvalue weighted by atomic mass is 16.1. The third kappa shape index (κ3) is 1.85. The molecule has 1 aromatic rings. The van der Waals surface area contributed by atoms with Crippen molar-refractivity contribution in [2.75, 3.05) is 6.54 Å². The molecular weight excluding hydrogens is 250 g/mol. The Morgan fingerprint density at radius 1 is 1.20 bits per heavy atom. The molecule has 0 spiro atoms. The first kappa shape index (κ1) is 12.6. The van der Waals surface area contributed by atoms with E-state index in [0.717, 1.165) is 29.1 Å². The molecule has 4 bridgehead atoms. The Morgan fingerprint density at radius 2 is 1.80 bits per heavy atom. The molecule has 4 nitrogen and oxygen atoms in total. The van der Waals surface area contributed by atoms with Crippen LogP contribution in [0.3, 0.4) is 0 Å². The van der Waals surface area contributed by atoms with Crippen LogP contribution in [0.15, 0.2) is 11.0 Å². The molecule has 3 N–H and O–H groups in total. The fourth-order valence-corrected chi connectivity index (χ4v) is 5.42. The Hall–Kier alpha value is -1.16. The highest BCUT2D eigenvalue weighted by Gasteiger charge is 2.52. The van der Waals surface area contributed by atoms with Gasteiger partial charge in [0.1, 0.15) is 5.82 Å². The molecule has 4 saturated carbocycles. The van der Waals surface area contributed by atoms with E-state index < -0.39 is 0 Å². The summed E-state index contributed by atoms with van der Waals surface area (Å²) in [7, 11) is 0. The molecule has 0 aliphatic heterocycles. The zero-order valence-electron chi connectivity index (χ0n) is 11.9. The number of aromatic nitrogens is 2. The SMILES string of the molecule is NCCc1cnc(C23CC4CC(CC(C4)C2)C3)[nH]c1=O. The van der Waals surface area contributed by atoms with E-state index in [1.54, 1.807) is 6.20 Å². The van der Waals surface area contributed by atoms with Gasteiger partial charge in [0.2, 0.25) is 0 Å². The molecular formula is C16H23N3O. The Bertz CT molecular complexity index is 542. The van der Waals surface area contributed by atoms with Crippen molar-refractivity contribution < 1.29 is 0 Å². The summed E-state index contributed by atoms with van der Waals surface area (Å²) >= 11 is 0. The Labute approximate surface area is 119 Å². The predicted octanol–water partition coefficient (Wildman–Crippen LogP) is 1.74. The summed E-state index contributed by atoms with van der Waals surface area (Å²) in [6.45, 7) is 0.501. The van der Waals surface area contributed by atoms with Gasteiger partial charge < -0.3 is 10.7 Å². The smallest absolute Gasteiger partial charge is 0.254 e. The van der Waals surface area contributed by atoms with Crippen molar-refractivity contribution in [3.63, 3.8) is 0 Å². The Balaban J connectivity index is 1.70. The van der Waals surface area contributed by atoms with Crippen LogP contribution in [0.4, 0.5) is 0 Å². The van der Waals surface area contributed by atoms with Gasteiger partial charge in [-0.2, -0.15) is 0 Å². The van der Waals surface area contributed by atoms with Gasteiger partial charge in [-0.25, -0.2) is 4.98 Å². The number of hydrogen-bond donors (Lipinski definition) is 2. The summed E-state index contributed by atoms with van der Waals surface area (Å²) in [5.74, 6) is 3.57. The minimum Gasteiger partial charge on any atom is -0.330 e. The van der Waals surface area contributed by atoms with E-state index in [-0.39, 0.29) is 11.0 Å². The molecule has 108 valence electrons. The summed E-state index contributed by atoms with van der Waals surface area (Å²) in [6.07, 6.45) is 10.3. The van der Waals surface area contributed by atoms with Crippen LogP contribution in [-0.2, 0) is 11.8 Å². The van der Waals surface area contributed by atoms with Gasteiger partial charge in [0.05, 0.1) is 0 Å². The number of nitrogens with one attached hydrogen (secondary N) is 1. The van der Waals surface area contributed by atoms with Crippen LogP contribution in [0.2, 0.25) is 0 Å². The predicted molar refractivity (Wildman–Crippen MR) is 77.5 cm³/mol. The monoisotopic (exact) mass is 273 g/mol. The molecule has 4 aliphatic carbocycles. The van der Waals surface area contributed by atoms with E-state index in [9.17, 15) is 4.79 Å². The third-order valence-corrected chi connectivity index (χ3v) is 5.83. The highest BCUT2D eigenvalue weighted by Crippen LogP contribution is 2.59. The number of rotatable bonds is 3. The van der Waals surface area contributed by atoms with Gasteiger partial charge in [-0.05, 0) is 69.2 Å². The number of nitrogens with zero attached hydrogens (tertiary/aromatic N) is 1. The summed E-state index contributed by atoms with van der Waals surface area (Å²) in [5, 5.41) is 0. The summed E-state index contributed by atoms with van der Waals surface area (Å²) < 4.78 is 0. The first-order valence-corrected chi connectivity index (χ1v) is 7.97. The van der Waals surface area contributed by atoms with Crippen LogP contribution < -0.4 is 11.3 Å².